The van der Waals surface area contributed by atoms with Crippen LogP contribution >= 0.6 is 11.6 Å². The largest absolute Gasteiger partial charge is 0.235 e. The van der Waals surface area contributed by atoms with Crippen LogP contribution in [-0.2, 0) is 4.79 Å². The van der Waals surface area contributed by atoms with Crippen molar-refractivity contribution in [3.05, 3.63) is 0 Å². The van der Waals surface area contributed by atoms with E-state index in [0.717, 1.165) is 0 Å². The quantitative estimate of drug-likeness (QED) is 0.340. The third-order valence-electron chi connectivity index (χ3n) is 1.05. The standard InChI is InChI=1S/C6H10ClNO/c1-6(2,3-4-7)8-5-9/h3-4H2,1-2H3. The van der Waals surface area contributed by atoms with E-state index in [1.54, 1.807) is 0 Å². The smallest absolute Gasteiger partial charge is 0.211 e. The molecule has 0 amide bonds. The van der Waals surface area contributed by atoms with Crippen LogP contribution in [0.3, 0.4) is 0 Å². The normalized spacial score (nSPS) is 10.6. The van der Waals surface area contributed by atoms with E-state index in [1.165, 1.54) is 6.08 Å². The van der Waals surface area contributed by atoms with E-state index in [-0.39, 0.29) is 5.54 Å². The Morgan fingerprint density at radius 3 is 2.56 bits per heavy atom. The lowest BCUT2D eigenvalue weighted by Crippen LogP contribution is -2.16. The Kier molecular flexibility index (Phi) is 3.52. The van der Waals surface area contributed by atoms with Gasteiger partial charge in [0.15, 0.2) is 0 Å². The first-order valence-corrected chi connectivity index (χ1v) is 3.31. The summed E-state index contributed by atoms with van der Waals surface area (Å²) in [7, 11) is 0. The zero-order chi connectivity index (χ0) is 7.33. The van der Waals surface area contributed by atoms with Crippen molar-refractivity contribution in [2.45, 2.75) is 25.8 Å². The second kappa shape index (κ2) is 3.65. The maximum Gasteiger partial charge on any atom is 0.235 e. The Labute approximate surface area is 59.9 Å². The molecule has 0 saturated heterocycles. The molecule has 0 unspecified atom stereocenters. The van der Waals surface area contributed by atoms with Gasteiger partial charge in [0.1, 0.15) is 0 Å². The van der Waals surface area contributed by atoms with Crippen molar-refractivity contribution in [1.82, 2.24) is 0 Å². The topological polar surface area (TPSA) is 29.4 Å². The molecule has 0 N–H and O–H groups in total. The Morgan fingerprint density at radius 2 is 2.22 bits per heavy atom. The van der Waals surface area contributed by atoms with Crippen LogP contribution in [0.25, 0.3) is 0 Å². The molecule has 0 fully saturated rings. The van der Waals surface area contributed by atoms with Gasteiger partial charge in [-0.15, -0.1) is 11.6 Å². The molecule has 0 spiro atoms. The van der Waals surface area contributed by atoms with E-state index in [1.807, 2.05) is 13.8 Å². The van der Waals surface area contributed by atoms with Gasteiger partial charge in [0.05, 0.1) is 5.54 Å². The van der Waals surface area contributed by atoms with Crippen LogP contribution in [0.15, 0.2) is 4.99 Å². The summed E-state index contributed by atoms with van der Waals surface area (Å²) in [4.78, 5) is 13.3. The molecule has 0 radical (unpaired) electrons. The van der Waals surface area contributed by atoms with Crippen LogP contribution in [0.5, 0.6) is 0 Å². The fourth-order valence-corrected chi connectivity index (χ4v) is 0.873. The van der Waals surface area contributed by atoms with Crippen molar-refractivity contribution < 1.29 is 4.79 Å². The highest BCUT2D eigenvalue weighted by molar-refractivity contribution is 6.17. The Bertz CT molecular complexity index is 127. The maximum atomic E-state index is 9.76. The minimum absolute atomic E-state index is 0.330. The van der Waals surface area contributed by atoms with E-state index in [4.69, 9.17) is 11.6 Å². The van der Waals surface area contributed by atoms with Crippen molar-refractivity contribution >= 4 is 17.7 Å². The van der Waals surface area contributed by atoms with Gasteiger partial charge >= 0.3 is 0 Å². The van der Waals surface area contributed by atoms with Crippen LogP contribution < -0.4 is 0 Å². The number of nitrogens with zero attached hydrogens (tertiary/aromatic N) is 1. The molecule has 0 heterocycles. The van der Waals surface area contributed by atoms with Crippen molar-refractivity contribution in [2.75, 3.05) is 5.88 Å². The second-order valence-electron chi connectivity index (χ2n) is 2.45. The summed E-state index contributed by atoms with van der Waals surface area (Å²) >= 11 is 5.43. The second-order valence-corrected chi connectivity index (χ2v) is 2.83. The zero-order valence-electron chi connectivity index (χ0n) is 5.65. The molecule has 2 nitrogen and oxygen atoms in total. The molecule has 0 bridgehead atoms. The van der Waals surface area contributed by atoms with Crippen molar-refractivity contribution in [3.8, 4) is 0 Å². The van der Waals surface area contributed by atoms with E-state index in [9.17, 15) is 4.79 Å². The third-order valence-corrected chi connectivity index (χ3v) is 1.24. The fourth-order valence-electron chi connectivity index (χ4n) is 0.411. The van der Waals surface area contributed by atoms with E-state index < -0.39 is 0 Å². The number of hydrogen-bond donors (Lipinski definition) is 0. The highest BCUT2D eigenvalue weighted by atomic mass is 35.5. The van der Waals surface area contributed by atoms with Crippen molar-refractivity contribution in [3.63, 3.8) is 0 Å². The van der Waals surface area contributed by atoms with E-state index >= 15 is 0 Å². The lowest BCUT2D eigenvalue weighted by atomic mass is 10.0. The first-order valence-electron chi connectivity index (χ1n) is 2.77. The molecule has 0 aromatic heterocycles. The molecule has 0 aromatic rings. The summed E-state index contributed by atoms with van der Waals surface area (Å²) in [6.07, 6.45) is 2.22. The SMILES string of the molecule is CC(C)(CCCl)N=C=O. The Morgan fingerprint density at radius 1 is 1.67 bits per heavy atom. The molecule has 52 valence electrons. The van der Waals surface area contributed by atoms with E-state index in [2.05, 4.69) is 4.99 Å². The van der Waals surface area contributed by atoms with Crippen molar-refractivity contribution in [2.24, 2.45) is 4.99 Å². The van der Waals surface area contributed by atoms with Gasteiger partial charge in [-0.1, -0.05) is 0 Å². The molecule has 0 aliphatic heterocycles. The molecule has 9 heavy (non-hydrogen) atoms. The molecular weight excluding hydrogens is 138 g/mol. The fraction of sp³-hybridized carbons (Fsp3) is 0.833. The van der Waals surface area contributed by atoms with Gasteiger partial charge in [0.2, 0.25) is 6.08 Å². The van der Waals surface area contributed by atoms with Crippen molar-refractivity contribution in [1.29, 1.82) is 0 Å². The van der Waals surface area contributed by atoms with Gasteiger partial charge in [-0.05, 0) is 20.3 Å². The number of isocyanates is 1. The summed E-state index contributed by atoms with van der Waals surface area (Å²) in [5.41, 5.74) is -0.330. The average molecular weight is 148 g/mol. The molecular formula is C6H10ClNO. The Hall–Kier alpha value is -0.330. The van der Waals surface area contributed by atoms with Crippen LogP contribution in [0.1, 0.15) is 20.3 Å². The molecule has 3 heteroatoms. The molecule has 0 rings (SSSR count). The summed E-state index contributed by atoms with van der Waals surface area (Å²) in [5, 5.41) is 0. The lowest BCUT2D eigenvalue weighted by molar-refractivity contribution is 0.492. The highest BCUT2D eigenvalue weighted by Crippen LogP contribution is 2.13. The summed E-state index contributed by atoms with van der Waals surface area (Å²) in [6, 6.07) is 0. The van der Waals surface area contributed by atoms with Gasteiger partial charge in [-0.3, -0.25) is 0 Å². The predicted octanol–water partition coefficient (Wildman–Crippen LogP) is 1.73. The maximum absolute atomic E-state index is 9.76. The predicted molar refractivity (Wildman–Crippen MR) is 37.5 cm³/mol. The Balaban J connectivity index is 3.85. The molecule has 0 aliphatic rings. The van der Waals surface area contributed by atoms with Gasteiger partial charge < -0.3 is 0 Å². The highest BCUT2D eigenvalue weighted by Gasteiger charge is 2.13. The number of hydrogen-bond acceptors (Lipinski definition) is 2. The average Bonchev–Trinajstić information content (AvgIpc) is 1.64. The van der Waals surface area contributed by atoms with Crippen LogP contribution in [0.4, 0.5) is 0 Å². The van der Waals surface area contributed by atoms with E-state index in [0.29, 0.717) is 12.3 Å². The number of aliphatic imine (C=N–C) groups is 1. The first-order chi connectivity index (χ1) is 4.12. The van der Waals surface area contributed by atoms with Crippen LogP contribution in [0.2, 0.25) is 0 Å². The molecule has 0 aliphatic carbocycles. The number of halogens is 1. The molecule has 0 atom stereocenters. The van der Waals surface area contributed by atoms with Crippen LogP contribution in [0, 0.1) is 0 Å². The zero-order valence-corrected chi connectivity index (χ0v) is 6.40. The summed E-state index contributed by atoms with van der Waals surface area (Å²) in [5.74, 6) is 0.526. The monoisotopic (exact) mass is 147 g/mol. The van der Waals surface area contributed by atoms with Gasteiger partial charge in [-0.25, -0.2) is 4.79 Å². The minimum Gasteiger partial charge on any atom is -0.211 e. The third kappa shape index (κ3) is 4.19. The minimum atomic E-state index is -0.330. The number of alkyl halides is 1. The van der Waals surface area contributed by atoms with Crippen LogP contribution in [-0.4, -0.2) is 17.5 Å². The summed E-state index contributed by atoms with van der Waals surface area (Å²) < 4.78 is 0. The lowest BCUT2D eigenvalue weighted by Gasteiger charge is -2.13. The number of carbonyl (C=O) groups excluding carboxylic acids is 1. The summed E-state index contributed by atoms with van der Waals surface area (Å²) in [6.45, 7) is 3.70. The van der Waals surface area contributed by atoms with Gasteiger partial charge in [-0.2, -0.15) is 4.99 Å². The van der Waals surface area contributed by atoms with Gasteiger partial charge in [0.25, 0.3) is 0 Å². The molecule has 0 saturated carbocycles. The first kappa shape index (κ1) is 8.67. The number of rotatable bonds is 3. The molecule has 0 aromatic carbocycles. The van der Waals surface area contributed by atoms with Gasteiger partial charge in [0, 0.05) is 5.88 Å².